The van der Waals surface area contributed by atoms with Crippen LogP contribution in [0.1, 0.15) is 19.3 Å². The van der Waals surface area contributed by atoms with Gasteiger partial charge in [-0.1, -0.05) is 30.3 Å². The summed E-state index contributed by atoms with van der Waals surface area (Å²) in [5.41, 5.74) is 3.62. The number of carbonyl (C=O) groups is 1. The molecule has 1 aromatic heterocycles. The Balaban J connectivity index is 1.49. The fraction of sp³-hybridized carbons (Fsp3) is 0.412. The van der Waals surface area contributed by atoms with Gasteiger partial charge in [0.05, 0.1) is 17.4 Å². The van der Waals surface area contributed by atoms with Gasteiger partial charge in [-0.25, -0.2) is 4.98 Å². The first-order valence-corrected chi connectivity index (χ1v) is 9.84. The Bertz CT molecular complexity index is 625. The molecule has 1 aliphatic rings. The number of rotatable bonds is 6. The zero-order chi connectivity index (χ0) is 15.9. The van der Waals surface area contributed by atoms with Gasteiger partial charge in [0.15, 0.2) is 0 Å². The van der Waals surface area contributed by atoms with Crippen molar-refractivity contribution >= 4 is 34.0 Å². The Kier molecular flexibility index (Phi) is 6.07. The van der Waals surface area contributed by atoms with E-state index in [2.05, 4.69) is 10.3 Å². The molecule has 2 heterocycles. The van der Waals surface area contributed by atoms with E-state index in [-0.39, 0.29) is 5.91 Å². The number of nitrogens with one attached hydrogen (secondary N) is 1. The number of hydrogen-bond donors (Lipinski definition) is 1. The van der Waals surface area contributed by atoms with Gasteiger partial charge in [-0.15, -0.1) is 23.1 Å². The molecule has 1 fully saturated rings. The summed E-state index contributed by atoms with van der Waals surface area (Å²) in [6.45, 7) is 0.860. The summed E-state index contributed by atoms with van der Waals surface area (Å²) in [5, 5.41) is 3.80. The van der Waals surface area contributed by atoms with Crippen LogP contribution < -0.4 is 5.32 Å². The molecule has 1 saturated heterocycles. The number of thioether (sulfide) groups is 1. The maximum Gasteiger partial charge on any atom is 0.235 e. The lowest BCUT2D eigenvalue weighted by molar-refractivity contribution is -0.113. The van der Waals surface area contributed by atoms with E-state index in [0.717, 1.165) is 41.5 Å². The van der Waals surface area contributed by atoms with E-state index >= 15 is 0 Å². The van der Waals surface area contributed by atoms with Gasteiger partial charge in [0.1, 0.15) is 10.7 Å². The molecule has 0 unspecified atom stereocenters. The van der Waals surface area contributed by atoms with Crippen LogP contribution in [0, 0.1) is 0 Å². The van der Waals surface area contributed by atoms with Crippen LogP contribution in [0.2, 0.25) is 0 Å². The molecular formula is C17H20N2O2S2. The Morgan fingerprint density at radius 3 is 3.00 bits per heavy atom. The highest BCUT2D eigenvalue weighted by molar-refractivity contribution is 8.00. The molecule has 0 spiro atoms. The smallest absolute Gasteiger partial charge is 0.235 e. The van der Waals surface area contributed by atoms with Crippen molar-refractivity contribution in [3.8, 4) is 11.3 Å². The lowest BCUT2D eigenvalue weighted by Crippen LogP contribution is -2.22. The van der Waals surface area contributed by atoms with Crippen molar-refractivity contribution in [3.05, 3.63) is 35.8 Å². The largest absolute Gasteiger partial charge is 0.377 e. The quantitative estimate of drug-likeness (QED) is 0.855. The number of benzene rings is 1. The molecule has 122 valence electrons. The van der Waals surface area contributed by atoms with Crippen molar-refractivity contribution in [1.82, 2.24) is 4.98 Å². The summed E-state index contributed by atoms with van der Waals surface area (Å²) in [4.78, 5) is 16.5. The molecule has 0 radical (unpaired) electrons. The lowest BCUT2D eigenvalue weighted by atomic mass is 10.1. The van der Waals surface area contributed by atoms with E-state index in [4.69, 9.17) is 4.74 Å². The Labute approximate surface area is 144 Å². The van der Waals surface area contributed by atoms with Gasteiger partial charge in [-0.3, -0.25) is 4.79 Å². The minimum atomic E-state index is 0.0206. The predicted octanol–water partition coefficient (Wildman–Crippen LogP) is 4.05. The topological polar surface area (TPSA) is 51.2 Å². The van der Waals surface area contributed by atoms with Gasteiger partial charge in [0, 0.05) is 17.9 Å². The van der Waals surface area contributed by atoms with Gasteiger partial charge < -0.3 is 10.1 Å². The number of ether oxygens (including phenoxy) is 1. The zero-order valence-electron chi connectivity index (χ0n) is 12.9. The molecule has 23 heavy (non-hydrogen) atoms. The van der Waals surface area contributed by atoms with Crippen LogP contribution in [0.4, 0.5) is 5.00 Å². The third kappa shape index (κ3) is 4.80. The average Bonchev–Trinajstić information content (AvgIpc) is 3.05. The van der Waals surface area contributed by atoms with Crippen LogP contribution in [0.5, 0.6) is 0 Å². The highest BCUT2D eigenvalue weighted by atomic mass is 32.2. The molecule has 1 N–H and O–H groups in total. The maximum atomic E-state index is 12.1. The van der Waals surface area contributed by atoms with E-state index in [0.29, 0.717) is 11.9 Å². The summed E-state index contributed by atoms with van der Waals surface area (Å²) in [6, 6.07) is 9.92. The monoisotopic (exact) mass is 348 g/mol. The highest BCUT2D eigenvalue weighted by Gasteiger charge is 2.15. The van der Waals surface area contributed by atoms with Crippen molar-refractivity contribution < 1.29 is 9.53 Å². The molecule has 0 aliphatic carbocycles. The molecule has 1 aromatic carbocycles. The molecule has 4 nitrogen and oxygen atoms in total. The summed E-state index contributed by atoms with van der Waals surface area (Å²) >= 11 is 3.10. The van der Waals surface area contributed by atoms with E-state index in [1.807, 2.05) is 30.3 Å². The molecular weight excluding hydrogens is 328 g/mol. The first-order chi connectivity index (χ1) is 11.3. The Morgan fingerprint density at radius 2 is 2.22 bits per heavy atom. The van der Waals surface area contributed by atoms with Crippen molar-refractivity contribution in [3.63, 3.8) is 0 Å². The second-order valence-corrected chi connectivity index (χ2v) is 7.33. The second-order valence-electron chi connectivity index (χ2n) is 5.45. The fourth-order valence-corrected chi connectivity index (χ4v) is 4.14. The standard InChI is InChI=1S/C17H20N2O2S2/c20-15(11-22-10-14-8-4-5-9-21-14)19-17-16(18-12-23-17)13-6-2-1-3-7-13/h1-3,6-7,12,14H,4-5,8-11H2,(H,19,20)/t14-/m0/s1. The molecule has 0 bridgehead atoms. The van der Waals surface area contributed by atoms with Crippen LogP contribution >= 0.6 is 23.1 Å². The van der Waals surface area contributed by atoms with Crippen LogP contribution in [-0.4, -0.2) is 35.1 Å². The van der Waals surface area contributed by atoms with Gasteiger partial charge in [0.25, 0.3) is 0 Å². The summed E-state index contributed by atoms with van der Waals surface area (Å²) < 4.78 is 5.68. The first kappa shape index (κ1) is 16.5. The molecule has 1 atom stereocenters. The molecule has 6 heteroatoms. The van der Waals surface area contributed by atoms with Crippen LogP contribution in [0.3, 0.4) is 0 Å². The van der Waals surface area contributed by atoms with Crippen molar-refractivity contribution in [2.24, 2.45) is 0 Å². The third-order valence-electron chi connectivity index (χ3n) is 3.68. The van der Waals surface area contributed by atoms with Crippen molar-refractivity contribution in [2.45, 2.75) is 25.4 Å². The van der Waals surface area contributed by atoms with Gasteiger partial charge in [0.2, 0.25) is 5.91 Å². The summed E-state index contributed by atoms with van der Waals surface area (Å²) in [6.07, 6.45) is 3.82. The molecule has 2 aromatic rings. The second kappa shape index (κ2) is 8.47. The molecule has 1 amide bonds. The van der Waals surface area contributed by atoms with Gasteiger partial charge in [-0.2, -0.15) is 0 Å². The Hall–Kier alpha value is -1.37. The molecule has 0 saturated carbocycles. The predicted molar refractivity (Wildman–Crippen MR) is 97.1 cm³/mol. The molecule has 1 aliphatic heterocycles. The van der Waals surface area contributed by atoms with Gasteiger partial charge >= 0.3 is 0 Å². The van der Waals surface area contributed by atoms with E-state index in [1.54, 1.807) is 17.3 Å². The number of anilines is 1. The minimum Gasteiger partial charge on any atom is -0.377 e. The van der Waals surface area contributed by atoms with Gasteiger partial charge in [-0.05, 0) is 19.3 Å². The number of thiazole rings is 1. The summed E-state index contributed by atoms with van der Waals surface area (Å²) in [7, 11) is 0. The summed E-state index contributed by atoms with van der Waals surface area (Å²) in [5.74, 6) is 1.36. The number of nitrogens with zero attached hydrogens (tertiary/aromatic N) is 1. The number of amides is 1. The number of aromatic nitrogens is 1. The minimum absolute atomic E-state index is 0.0206. The first-order valence-electron chi connectivity index (χ1n) is 7.81. The zero-order valence-corrected chi connectivity index (χ0v) is 14.5. The van der Waals surface area contributed by atoms with E-state index < -0.39 is 0 Å². The number of carbonyl (C=O) groups excluding carboxylic acids is 1. The average molecular weight is 348 g/mol. The normalized spacial score (nSPS) is 17.8. The highest BCUT2D eigenvalue weighted by Crippen LogP contribution is 2.30. The SMILES string of the molecule is O=C(CSC[C@@H]1CCCCO1)Nc1scnc1-c1ccccc1. The van der Waals surface area contributed by atoms with Crippen molar-refractivity contribution in [2.75, 3.05) is 23.4 Å². The number of hydrogen-bond acceptors (Lipinski definition) is 5. The maximum absolute atomic E-state index is 12.1. The fourth-order valence-electron chi connectivity index (χ4n) is 2.52. The van der Waals surface area contributed by atoms with Crippen LogP contribution in [0.25, 0.3) is 11.3 Å². The lowest BCUT2D eigenvalue weighted by Gasteiger charge is -2.21. The van der Waals surface area contributed by atoms with Crippen LogP contribution in [-0.2, 0) is 9.53 Å². The van der Waals surface area contributed by atoms with E-state index in [1.165, 1.54) is 17.8 Å². The van der Waals surface area contributed by atoms with Crippen LogP contribution in [0.15, 0.2) is 35.8 Å². The third-order valence-corrected chi connectivity index (χ3v) is 5.49. The van der Waals surface area contributed by atoms with E-state index in [9.17, 15) is 4.79 Å². The molecule has 3 rings (SSSR count). The Morgan fingerprint density at radius 1 is 1.35 bits per heavy atom. The van der Waals surface area contributed by atoms with Crippen molar-refractivity contribution in [1.29, 1.82) is 0 Å².